The van der Waals surface area contributed by atoms with Gasteiger partial charge in [-0.25, -0.2) is 0 Å². The molecule has 4 N–H and O–H groups in total. The van der Waals surface area contributed by atoms with E-state index in [1.54, 1.807) is 38.3 Å². The first kappa shape index (κ1) is 15.8. The fraction of sp³-hybridized carbons (Fsp3) is 0.385. The van der Waals surface area contributed by atoms with Gasteiger partial charge in [-0.3, -0.25) is 9.59 Å². The predicted octanol–water partition coefficient (Wildman–Crippen LogP) is -0.575. The predicted molar refractivity (Wildman–Crippen MR) is 71.3 cm³/mol. The maximum atomic E-state index is 11.7. The molecule has 1 aromatic carbocycles. The van der Waals surface area contributed by atoms with Crippen molar-refractivity contribution in [2.45, 2.75) is 19.1 Å². The van der Waals surface area contributed by atoms with Crippen molar-refractivity contribution >= 4 is 11.8 Å². The quantitative estimate of drug-likeness (QED) is 0.620. The number of rotatable bonds is 7. The van der Waals surface area contributed by atoms with Gasteiger partial charge >= 0.3 is 0 Å². The minimum Gasteiger partial charge on any atom is -0.497 e. The standard InChI is InChI=1S/C13H18N2O5/c1-8(13(18)15-7-11(16)12(14)17)20-10-5-3-9(19-2)4-6-10/h3-6,8,11,16H,7H2,1-2H3,(H2,14,17)(H,15,18). The van der Waals surface area contributed by atoms with E-state index in [2.05, 4.69) is 5.32 Å². The molecule has 0 aromatic heterocycles. The summed E-state index contributed by atoms with van der Waals surface area (Å²) in [5.41, 5.74) is 4.87. The first-order valence-corrected chi connectivity index (χ1v) is 6.00. The van der Waals surface area contributed by atoms with Gasteiger partial charge in [0.2, 0.25) is 5.91 Å². The second kappa shape index (κ2) is 7.34. The van der Waals surface area contributed by atoms with Crippen LogP contribution in [0.5, 0.6) is 11.5 Å². The Morgan fingerprint density at radius 2 is 1.85 bits per heavy atom. The van der Waals surface area contributed by atoms with Crippen molar-refractivity contribution in [3.63, 3.8) is 0 Å². The molecule has 2 amide bonds. The number of amides is 2. The van der Waals surface area contributed by atoms with Gasteiger partial charge in [0.1, 0.15) is 17.6 Å². The number of aliphatic hydroxyl groups excluding tert-OH is 1. The highest BCUT2D eigenvalue weighted by Gasteiger charge is 2.17. The number of ether oxygens (including phenoxy) is 2. The van der Waals surface area contributed by atoms with Gasteiger partial charge < -0.3 is 25.6 Å². The molecule has 1 aromatic rings. The van der Waals surface area contributed by atoms with Gasteiger partial charge in [-0.15, -0.1) is 0 Å². The van der Waals surface area contributed by atoms with E-state index in [1.807, 2.05) is 0 Å². The van der Waals surface area contributed by atoms with Gasteiger partial charge in [0.25, 0.3) is 5.91 Å². The molecule has 20 heavy (non-hydrogen) atoms. The average Bonchev–Trinajstić information content (AvgIpc) is 2.44. The van der Waals surface area contributed by atoms with E-state index in [4.69, 9.17) is 20.3 Å². The summed E-state index contributed by atoms with van der Waals surface area (Å²) in [5.74, 6) is -0.168. The minimum absolute atomic E-state index is 0.246. The molecule has 7 nitrogen and oxygen atoms in total. The van der Waals surface area contributed by atoms with Gasteiger partial charge in [0, 0.05) is 0 Å². The van der Waals surface area contributed by atoms with Crippen LogP contribution in [0.2, 0.25) is 0 Å². The fourth-order valence-electron chi connectivity index (χ4n) is 1.35. The summed E-state index contributed by atoms with van der Waals surface area (Å²) in [5, 5.41) is 11.5. The lowest BCUT2D eigenvalue weighted by molar-refractivity contribution is -0.129. The van der Waals surface area contributed by atoms with Crippen molar-refractivity contribution in [1.29, 1.82) is 0 Å². The zero-order valence-corrected chi connectivity index (χ0v) is 11.3. The lowest BCUT2D eigenvalue weighted by Crippen LogP contribution is -2.44. The van der Waals surface area contributed by atoms with Crippen LogP contribution in [0.1, 0.15) is 6.92 Å². The second-order valence-corrected chi connectivity index (χ2v) is 4.10. The molecule has 0 spiro atoms. The van der Waals surface area contributed by atoms with Crippen molar-refractivity contribution in [3.05, 3.63) is 24.3 Å². The molecule has 110 valence electrons. The summed E-state index contributed by atoms with van der Waals surface area (Å²) in [6.45, 7) is 1.31. The Morgan fingerprint density at radius 3 is 2.35 bits per heavy atom. The molecule has 0 saturated heterocycles. The molecule has 0 aliphatic carbocycles. The van der Waals surface area contributed by atoms with E-state index in [0.29, 0.717) is 11.5 Å². The van der Waals surface area contributed by atoms with E-state index < -0.39 is 24.0 Å². The molecule has 7 heteroatoms. The summed E-state index contributed by atoms with van der Waals surface area (Å²) in [6.07, 6.45) is -2.18. The van der Waals surface area contributed by atoms with Crippen LogP contribution in [-0.2, 0) is 9.59 Å². The summed E-state index contributed by atoms with van der Waals surface area (Å²) in [4.78, 5) is 22.3. The number of hydrogen-bond donors (Lipinski definition) is 3. The number of hydrogen-bond acceptors (Lipinski definition) is 5. The molecule has 0 aliphatic rings. The molecular weight excluding hydrogens is 264 g/mol. The third-order valence-corrected chi connectivity index (χ3v) is 2.54. The number of aliphatic hydroxyl groups is 1. The lowest BCUT2D eigenvalue weighted by Gasteiger charge is -2.15. The van der Waals surface area contributed by atoms with Crippen LogP contribution in [0.3, 0.4) is 0 Å². The summed E-state index contributed by atoms with van der Waals surface area (Å²) < 4.78 is 10.4. The highest BCUT2D eigenvalue weighted by atomic mass is 16.5. The third kappa shape index (κ3) is 4.77. The normalized spacial score (nSPS) is 13.2. The van der Waals surface area contributed by atoms with Crippen LogP contribution in [0.25, 0.3) is 0 Å². The molecule has 0 saturated carbocycles. The first-order chi connectivity index (χ1) is 9.43. The number of benzene rings is 1. The Kier molecular flexibility index (Phi) is 5.79. The Hall–Kier alpha value is -2.28. The van der Waals surface area contributed by atoms with Gasteiger partial charge in [-0.2, -0.15) is 0 Å². The molecule has 2 atom stereocenters. The van der Waals surface area contributed by atoms with E-state index in [-0.39, 0.29) is 6.54 Å². The number of nitrogens with two attached hydrogens (primary N) is 1. The van der Waals surface area contributed by atoms with Gasteiger partial charge in [-0.1, -0.05) is 0 Å². The first-order valence-electron chi connectivity index (χ1n) is 6.00. The number of nitrogens with one attached hydrogen (secondary N) is 1. The smallest absolute Gasteiger partial charge is 0.260 e. The Labute approximate surface area is 116 Å². The van der Waals surface area contributed by atoms with Crippen molar-refractivity contribution in [3.8, 4) is 11.5 Å². The zero-order chi connectivity index (χ0) is 15.1. The molecule has 1 rings (SSSR count). The third-order valence-electron chi connectivity index (χ3n) is 2.54. The summed E-state index contributed by atoms with van der Waals surface area (Å²) in [6, 6.07) is 6.75. The highest BCUT2D eigenvalue weighted by Crippen LogP contribution is 2.18. The summed E-state index contributed by atoms with van der Waals surface area (Å²) in [7, 11) is 1.55. The van der Waals surface area contributed by atoms with Gasteiger partial charge in [0.15, 0.2) is 6.10 Å². The Morgan fingerprint density at radius 1 is 1.30 bits per heavy atom. The van der Waals surface area contributed by atoms with E-state index >= 15 is 0 Å². The SMILES string of the molecule is COc1ccc(OC(C)C(=O)NCC(O)C(N)=O)cc1. The highest BCUT2D eigenvalue weighted by molar-refractivity contribution is 5.83. The van der Waals surface area contributed by atoms with Gasteiger partial charge in [-0.05, 0) is 31.2 Å². The number of primary amides is 1. The van der Waals surface area contributed by atoms with Crippen LogP contribution in [0.15, 0.2) is 24.3 Å². The number of methoxy groups -OCH3 is 1. The molecule has 0 radical (unpaired) electrons. The van der Waals surface area contributed by atoms with Crippen molar-refractivity contribution < 1.29 is 24.2 Å². The fourth-order valence-corrected chi connectivity index (χ4v) is 1.35. The Balaban J connectivity index is 2.46. The van der Waals surface area contributed by atoms with Crippen molar-refractivity contribution in [1.82, 2.24) is 5.32 Å². The topological polar surface area (TPSA) is 111 Å². The molecule has 0 heterocycles. The van der Waals surface area contributed by atoms with Crippen LogP contribution in [0, 0.1) is 0 Å². The van der Waals surface area contributed by atoms with E-state index in [9.17, 15) is 9.59 Å². The number of carbonyl (C=O) groups excluding carboxylic acids is 2. The van der Waals surface area contributed by atoms with Crippen LogP contribution in [-0.4, -0.2) is 42.8 Å². The molecule has 0 bridgehead atoms. The average molecular weight is 282 g/mol. The van der Waals surface area contributed by atoms with Crippen LogP contribution >= 0.6 is 0 Å². The molecule has 2 unspecified atom stereocenters. The summed E-state index contributed by atoms with van der Waals surface area (Å²) >= 11 is 0. The molecular formula is C13H18N2O5. The zero-order valence-electron chi connectivity index (χ0n) is 11.3. The largest absolute Gasteiger partial charge is 0.497 e. The van der Waals surface area contributed by atoms with Crippen molar-refractivity contribution in [2.75, 3.05) is 13.7 Å². The minimum atomic E-state index is -1.41. The van der Waals surface area contributed by atoms with Crippen LogP contribution in [0.4, 0.5) is 0 Å². The number of carbonyl (C=O) groups is 2. The van der Waals surface area contributed by atoms with Gasteiger partial charge in [0.05, 0.1) is 13.7 Å². The monoisotopic (exact) mass is 282 g/mol. The van der Waals surface area contributed by atoms with Crippen LogP contribution < -0.4 is 20.5 Å². The van der Waals surface area contributed by atoms with E-state index in [1.165, 1.54) is 0 Å². The molecule has 0 aliphatic heterocycles. The Bertz CT molecular complexity index is 460. The maximum Gasteiger partial charge on any atom is 0.260 e. The van der Waals surface area contributed by atoms with E-state index in [0.717, 1.165) is 0 Å². The van der Waals surface area contributed by atoms with Crippen molar-refractivity contribution in [2.24, 2.45) is 5.73 Å². The maximum absolute atomic E-state index is 11.7. The second-order valence-electron chi connectivity index (χ2n) is 4.10. The lowest BCUT2D eigenvalue weighted by atomic mass is 10.3. The molecule has 0 fully saturated rings.